The number of benzene rings is 1. The van der Waals surface area contributed by atoms with Crippen molar-refractivity contribution in [1.29, 1.82) is 0 Å². The second-order valence-corrected chi connectivity index (χ2v) is 6.97. The van der Waals surface area contributed by atoms with Gasteiger partial charge in [-0.05, 0) is 18.6 Å². The largest absolute Gasteiger partial charge is 0.457 e. The summed E-state index contributed by atoms with van der Waals surface area (Å²) in [6.07, 6.45) is 1.46. The van der Waals surface area contributed by atoms with Crippen LogP contribution in [0, 0.1) is 6.92 Å². The standard InChI is InChI=1S/C15H13ClN2O4S/c1-10-15(8-14(21-10)13-6-7-17-22-13)23(19,20)18-9-11-4-2-3-5-12(11)16/h2-8,18H,9H2,1H3. The Morgan fingerprint density at radius 3 is 2.70 bits per heavy atom. The van der Waals surface area contributed by atoms with Crippen molar-refractivity contribution in [3.8, 4) is 11.5 Å². The van der Waals surface area contributed by atoms with Crippen molar-refractivity contribution in [2.45, 2.75) is 18.4 Å². The monoisotopic (exact) mass is 352 g/mol. The van der Waals surface area contributed by atoms with E-state index >= 15 is 0 Å². The third-order valence-corrected chi connectivity index (χ3v) is 5.13. The van der Waals surface area contributed by atoms with Gasteiger partial charge in [0.1, 0.15) is 10.7 Å². The minimum absolute atomic E-state index is 0.0518. The molecule has 0 amide bonds. The van der Waals surface area contributed by atoms with Gasteiger partial charge in [-0.15, -0.1) is 0 Å². The van der Waals surface area contributed by atoms with Gasteiger partial charge in [-0.25, -0.2) is 13.1 Å². The lowest BCUT2D eigenvalue weighted by molar-refractivity contribution is 0.414. The molecule has 0 fully saturated rings. The van der Waals surface area contributed by atoms with Crippen LogP contribution in [0.3, 0.4) is 0 Å². The second-order valence-electron chi connectivity index (χ2n) is 4.82. The molecule has 2 heterocycles. The highest BCUT2D eigenvalue weighted by Crippen LogP contribution is 2.28. The van der Waals surface area contributed by atoms with Gasteiger partial charge in [0, 0.05) is 23.7 Å². The Balaban J connectivity index is 1.84. The molecule has 0 unspecified atom stereocenters. The maximum Gasteiger partial charge on any atom is 0.244 e. The molecular formula is C15H13ClN2O4S. The molecule has 0 aliphatic carbocycles. The molecule has 8 heteroatoms. The van der Waals surface area contributed by atoms with E-state index in [1.54, 1.807) is 37.3 Å². The summed E-state index contributed by atoms with van der Waals surface area (Å²) in [5.41, 5.74) is 0.689. The molecule has 1 aromatic carbocycles. The summed E-state index contributed by atoms with van der Waals surface area (Å²) < 4.78 is 37.8. The van der Waals surface area contributed by atoms with E-state index in [0.29, 0.717) is 22.1 Å². The maximum atomic E-state index is 12.5. The molecule has 23 heavy (non-hydrogen) atoms. The molecule has 0 radical (unpaired) electrons. The van der Waals surface area contributed by atoms with E-state index in [9.17, 15) is 8.42 Å². The summed E-state index contributed by atoms with van der Waals surface area (Å²) in [6.45, 7) is 1.66. The van der Waals surface area contributed by atoms with Crippen molar-refractivity contribution in [2.24, 2.45) is 0 Å². The normalized spacial score (nSPS) is 11.7. The van der Waals surface area contributed by atoms with E-state index < -0.39 is 10.0 Å². The minimum atomic E-state index is -3.74. The Kier molecular flexibility index (Phi) is 4.25. The predicted octanol–water partition coefficient (Wildman–Crippen LogP) is 3.37. The second kappa shape index (κ2) is 6.19. The molecular weight excluding hydrogens is 340 g/mol. The summed E-state index contributed by atoms with van der Waals surface area (Å²) in [5, 5.41) is 4.07. The average Bonchev–Trinajstić information content (AvgIpc) is 3.15. The molecule has 1 N–H and O–H groups in total. The molecule has 0 aliphatic heterocycles. The third-order valence-electron chi connectivity index (χ3n) is 3.25. The summed E-state index contributed by atoms with van der Waals surface area (Å²) in [5.74, 6) is 0.932. The van der Waals surface area contributed by atoms with Gasteiger partial charge in [-0.1, -0.05) is 35.0 Å². The van der Waals surface area contributed by atoms with E-state index in [4.69, 9.17) is 20.5 Å². The van der Waals surface area contributed by atoms with Gasteiger partial charge in [0.25, 0.3) is 0 Å². The third kappa shape index (κ3) is 3.31. The summed E-state index contributed by atoms with van der Waals surface area (Å²) in [7, 11) is -3.74. The topological polar surface area (TPSA) is 85.3 Å². The fraction of sp³-hybridized carbons (Fsp3) is 0.133. The molecule has 0 bridgehead atoms. The zero-order valence-corrected chi connectivity index (χ0v) is 13.7. The molecule has 0 aliphatic rings. The number of furan rings is 1. The highest BCUT2D eigenvalue weighted by atomic mass is 35.5. The SMILES string of the molecule is Cc1oc(-c2ccno2)cc1S(=O)(=O)NCc1ccccc1Cl. The molecule has 0 atom stereocenters. The van der Waals surface area contributed by atoms with Crippen LogP contribution in [-0.2, 0) is 16.6 Å². The first-order chi connectivity index (χ1) is 11.0. The first-order valence-corrected chi connectivity index (χ1v) is 8.58. The van der Waals surface area contributed by atoms with Crippen molar-refractivity contribution in [2.75, 3.05) is 0 Å². The lowest BCUT2D eigenvalue weighted by Gasteiger charge is -2.07. The number of nitrogens with one attached hydrogen (secondary N) is 1. The smallest absolute Gasteiger partial charge is 0.244 e. The Bertz CT molecular complexity index is 917. The van der Waals surface area contributed by atoms with E-state index in [1.165, 1.54) is 12.3 Å². The highest BCUT2D eigenvalue weighted by molar-refractivity contribution is 7.89. The van der Waals surface area contributed by atoms with Crippen LogP contribution in [0.5, 0.6) is 0 Å². The number of hydrogen-bond acceptors (Lipinski definition) is 5. The van der Waals surface area contributed by atoms with Crippen LogP contribution < -0.4 is 4.72 Å². The minimum Gasteiger partial charge on any atom is -0.457 e. The summed E-state index contributed by atoms with van der Waals surface area (Å²) in [6, 6.07) is 10.0. The molecule has 120 valence electrons. The van der Waals surface area contributed by atoms with Gasteiger partial charge in [0.2, 0.25) is 15.8 Å². The van der Waals surface area contributed by atoms with E-state index in [-0.39, 0.29) is 17.2 Å². The van der Waals surface area contributed by atoms with Gasteiger partial charge in [-0.3, -0.25) is 0 Å². The van der Waals surface area contributed by atoms with Crippen molar-refractivity contribution < 1.29 is 17.4 Å². The van der Waals surface area contributed by atoms with Crippen LogP contribution in [0.2, 0.25) is 5.02 Å². The average molecular weight is 353 g/mol. The molecule has 0 saturated carbocycles. The summed E-state index contributed by atoms with van der Waals surface area (Å²) in [4.78, 5) is 0.0518. The highest BCUT2D eigenvalue weighted by Gasteiger charge is 2.23. The van der Waals surface area contributed by atoms with Crippen molar-refractivity contribution >= 4 is 21.6 Å². The zero-order chi connectivity index (χ0) is 16.4. The van der Waals surface area contributed by atoms with Crippen LogP contribution in [0.4, 0.5) is 0 Å². The number of rotatable bonds is 5. The Morgan fingerprint density at radius 2 is 2.00 bits per heavy atom. The van der Waals surface area contributed by atoms with Crippen molar-refractivity contribution in [1.82, 2.24) is 9.88 Å². The Labute approximate surface area is 138 Å². The molecule has 0 spiro atoms. The Morgan fingerprint density at radius 1 is 1.22 bits per heavy atom. The number of aromatic nitrogens is 1. The quantitative estimate of drug-likeness (QED) is 0.760. The van der Waals surface area contributed by atoms with Crippen LogP contribution in [0.15, 0.2) is 56.4 Å². The Hall–Kier alpha value is -2.09. The van der Waals surface area contributed by atoms with Crippen molar-refractivity contribution in [3.05, 3.63) is 58.9 Å². The van der Waals surface area contributed by atoms with E-state index in [1.807, 2.05) is 0 Å². The van der Waals surface area contributed by atoms with Crippen LogP contribution in [0.1, 0.15) is 11.3 Å². The fourth-order valence-corrected chi connectivity index (χ4v) is 3.47. The van der Waals surface area contributed by atoms with Gasteiger partial charge < -0.3 is 8.94 Å². The van der Waals surface area contributed by atoms with Crippen LogP contribution in [0.25, 0.3) is 11.5 Å². The first kappa shape index (κ1) is 15.8. The molecule has 3 aromatic rings. The van der Waals surface area contributed by atoms with Gasteiger partial charge >= 0.3 is 0 Å². The van der Waals surface area contributed by atoms with E-state index in [0.717, 1.165) is 0 Å². The number of sulfonamides is 1. The van der Waals surface area contributed by atoms with Crippen LogP contribution >= 0.6 is 11.6 Å². The van der Waals surface area contributed by atoms with Crippen molar-refractivity contribution in [3.63, 3.8) is 0 Å². The molecule has 2 aromatic heterocycles. The predicted molar refractivity (Wildman–Crippen MR) is 84.4 cm³/mol. The lowest BCUT2D eigenvalue weighted by atomic mass is 10.2. The fourth-order valence-electron chi connectivity index (χ4n) is 2.09. The van der Waals surface area contributed by atoms with Crippen LogP contribution in [-0.4, -0.2) is 13.6 Å². The molecule has 6 nitrogen and oxygen atoms in total. The van der Waals surface area contributed by atoms with Gasteiger partial charge in [-0.2, -0.15) is 0 Å². The lowest BCUT2D eigenvalue weighted by Crippen LogP contribution is -2.23. The number of aryl methyl sites for hydroxylation is 1. The zero-order valence-electron chi connectivity index (χ0n) is 12.1. The number of halogens is 1. The first-order valence-electron chi connectivity index (χ1n) is 6.72. The maximum absolute atomic E-state index is 12.5. The van der Waals surface area contributed by atoms with Gasteiger partial charge in [0.05, 0.1) is 6.20 Å². The number of hydrogen-bond donors (Lipinski definition) is 1. The van der Waals surface area contributed by atoms with E-state index in [2.05, 4.69) is 9.88 Å². The van der Waals surface area contributed by atoms with Gasteiger partial charge in [0.15, 0.2) is 5.76 Å². The summed E-state index contributed by atoms with van der Waals surface area (Å²) >= 11 is 6.03. The molecule has 0 saturated heterocycles. The molecule has 3 rings (SSSR count). The number of nitrogens with zero attached hydrogens (tertiary/aromatic N) is 1.